The molecule has 3 heteroatoms. The minimum absolute atomic E-state index is 0.282. The van der Waals surface area contributed by atoms with Crippen molar-refractivity contribution >= 4 is 21.8 Å². The molecule has 0 spiro atoms. The molecule has 0 aliphatic carbocycles. The summed E-state index contributed by atoms with van der Waals surface area (Å²) in [5.41, 5.74) is 0. The third-order valence-electron chi connectivity index (χ3n) is 0.269. The Hall–Kier alpha value is 0.165. The molecule has 0 bridgehead atoms. The standard InChI is InChI=1S/C2H5BNP/c1-5-2(3)4/h4-5H,1H3. The van der Waals surface area contributed by atoms with Crippen LogP contribution in [0.3, 0.4) is 0 Å². The molecule has 1 N–H and O–H groups in total. The van der Waals surface area contributed by atoms with E-state index in [-0.39, 0.29) is 5.35 Å². The third-order valence-corrected chi connectivity index (χ3v) is 0.808. The van der Waals surface area contributed by atoms with Gasteiger partial charge in [-0.25, -0.2) is 0 Å². The Bertz CT molecular complexity index is 44.9. The Morgan fingerprint density at radius 3 is 2.20 bits per heavy atom. The van der Waals surface area contributed by atoms with Crippen molar-refractivity contribution < 1.29 is 0 Å². The van der Waals surface area contributed by atoms with Crippen LogP contribution in [0.15, 0.2) is 0 Å². The molecular weight excluding hydrogens is 79.8 g/mol. The van der Waals surface area contributed by atoms with Gasteiger partial charge in [0.1, 0.15) is 7.85 Å². The Labute approximate surface area is 34.9 Å². The molecule has 0 rings (SSSR count). The largest absolute Gasteiger partial charge is 0.317 e. The van der Waals surface area contributed by atoms with Crippen LogP contribution in [0.1, 0.15) is 0 Å². The summed E-state index contributed by atoms with van der Waals surface area (Å²) >= 11 is 0. The summed E-state index contributed by atoms with van der Waals surface area (Å²) in [6.07, 6.45) is 0. The lowest BCUT2D eigenvalue weighted by Crippen LogP contribution is -1.77. The van der Waals surface area contributed by atoms with E-state index in [1.54, 1.807) is 0 Å². The molecule has 0 aromatic heterocycles. The van der Waals surface area contributed by atoms with Gasteiger partial charge in [-0.2, -0.15) is 0 Å². The highest BCUT2D eigenvalue weighted by Gasteiger charge is 1.70. The molecule has 0 saturated heterocycles. The average Bonchev–Trinajstić information content (AvgIpc) is 1.38. The maximum atomic E-state index is 6.53. The SMILES string of the molecule is [B]C(=N)PC. The first kappa shape index (κ1) is 5.16. The van der Waals surface area contributed by atoms with Crippen LogP contribution in [0.4, 0.5) is 0 Å². The molecule has 1 unspecified atom stereocenters. The van der Waals surface area contributed by atoms with Crippen LogP contribution < -0.4 is 0 Å². The van der Waals surface area contributed by atoms with Gasteiger partial charge in [0.15, 0.2) is 0 Å². The van der Waals surface area contributed by atoms with Crippen LogP contribution in [0.25, 0.3) is 0 Å². The summed E-state index contributed by atoms with van der Waals surface area (Å²) in [4.78, 5) is 0. The molecular formula is C2H5BNP. The minimum atomic E-state index is 0.282. The second-order valence-electron chi connectivity index (χ2n) is 0.664. The molecule has 0 aliphatic rings. The first-order chi connectivity index (χ1) is 2.27. The van der Waals surface area contributed by atoms with E-state index in [0.717, 1.165) is 0 Å². The zero-order chi connectivity index (χ0) is 4.28. The van der Waals surface area contributed by atoms with Crippen molar-refractivity contribution in [1.29, 1.82) is 5.41 Å². The topological polar surface area (TPSA) is 23.9 Å². The van der Waals surface area contributed by atoms with Gasteiger partial charge in [-0.05, 0) is 12.0 Å². The van der Waals surface area contributed by atoms with E-state index >= 15 is 0 Å². The van der Waals surface area contributed by atoms with Crippen LogP contribution in [0.5, 0.6) is 0 Å². The van der Waals surface area contributed by atoms with Gasteiger partial charge in [-0.3, -0.25) is 0 Å². The van der Waals surface area contributed by atoms with Crippen molar-refractivity contribution in [3.63, 3.8) is 0 Å². The summed E-state index contributed by atoms with van der Waals surface area (Å²) in [7, 11) is 5.36. The third kappa shape index (κ3) is 4.16. The summed E-state index contributed by atoms with van der Waals surface area (Å²) in [5, 5.41) is 6.82. The van der Waals surface area contributed by atoms with Crippen molar-refractivity contribution in [2.45, 2.75) is 0 Å². The Kier molecular flexibility index (Phi) is 2.48. The molecule has 0 aliphatic heterocycles. The number of rotatable bonds is 1. The van der Waals surface area contributed by atoms with E-state index in [0.29, 0.717) is 8.58 Å². The molecule has 26 valence electrons. The molecule has 1 atom stereocenters. The van der Waals surface area contributed by atoms with E-state index in [9.17, 15) is 0 Å². The van der Waals surface area contributed by atoms with E-state index in [4.69, 9.17) is 13.3 Å². The molecule has 0 aromatic carbocycles. The van der Waals surface area contributed by atoms with E-state index in [1.165, 1.54) is 0 Å². The molecule has 2 radical (unpaired) electrons. The Morgan fingerprint density at radius 1 is 2.00 bits per heavy atom. The molecule has 0 aromatic rings. The zero-order valence-corrected chi connectivity index (χ0v) is 4.08. The van der Waals surface area contributed by atoms with Crippen LogP contribution in [0, 0.1) is 5.41 Å². The molecule has 0 heterocycles. The van der Waals surface area contributed by atoms with Crippen LogP contribution in [-0.4, -0.2) is 19.9 Å². The van der Waals surface area contributed by atoms with E-state index < -0.39 is 0 Å². The van der Waals surface area contributed by atoms with Crippen LogP contribution in [-0.2, 0) is 0 Å². The molecule has 0 fully saturated rings. The lowest BCUT2D eigenvalue weighted by Gasteiger charge is -1.78. The Morgan fingerprint density at radius 2 is 2.20 bits per heavy atom. The molecule has 0 saturated carbocycles. The fourth-order valence-electron chi connectivity index (χ4n) is 0. The van der Waals surface area contributed by atoms with Gasteiger partial charge in [-0.1, -0.05) is 8.58 Å². The quantitative estimate of drug-likeness (QED) is 0.270. The van der Waals surface area contributed by atoms with Gasteiger partial charge >= 0.3 is 0 Å². The lowest BCUT2D eigenvalue weighted by atomic mass is 10.2. The highest BCUT2D eigenvalue weighted by Crippen LogP contribution is 1.97. The first-order valence-electron chi connectivity index (χ1n) is 1.29. The summed E-state index contributed by atoms with van der Waals surface area (Å²) in [6.45, 7) is 1.88. The minimum Gasteiger partial charge on any atom is -0.317 e. The van der Waals surface area contributed by atoms with Gasteiger partial charge in [0.25, 0.3) is 0 Å². The highest BCUT2D eigenvalue weighted by molar-refractivity contribution is 7.63. The fourth-order valence-corrected chi connectivity index (χ4v) is 0. The fraction of sp³-hybridized carbons (Fsp3) is 0.500. The van der Waals surface area contributed by atoms with Crippen molar-refractivity contribution in [2.75, 3.05) is 6.66 Å². The van der Waals surface area contributed by atoms with Crippen molar-refractivity contribution in [3.05, 3.63) is 0 Å². The van der Waals surface area contributed by atoms with Crippen molar-refractivity contribution in [3.8, 4) is 0 Å². The normalized spacial score (nSPS) is 9.80. The monoisotopic (exact) mass is 85.0 g/mol. The Balaban J connectivity index is 2.85. The van der Waals surface area contributed by atoms with E-state index in [2.05, 4.69) is 0 Å². The summed E-state index contributed by atoms with van der Waals surface area (Å²) < 4.78 is 0. The lowest BCUT2D eigenvalue weighted by molar-refractivity contribution is 1.59. The van der Waals surface area contributed by atoms with Gasteiger partial charge in [0.2, 0.25) is 0 Å². The van der Waals surface area contributed by atoms with Crippen LogP contribution in [0.2, 0.25) is 0 Å². The molecule has 1 nitrogen and oxygen atoms in total. The second kappa shape index (κ2) is 2.41. The number of hydrogen-bond acceptors (Lipinski definition) is 1. The van der Waals surface area contributed by atoms with Crippen LogP contribution >= 0.6 is 8.58 Å². The summed E-state index contributed by atoms with van der Waals surface area (Å²) in [6, 6.07) is 0. The average molecular weight is 84.9 g/mol. The summed E-state index contributed by atoms with van der Waals surface area (Å²) in [5.74, 6) is 0. The van der Waals surface area contributed by atoms with Gasteiger partial charge in [0.05, 0.1) is 0 Å². The van der Waals surface area contributed by atoms with Crippen molar-refractivity contribution in [1.82, 2.24) is 0 Å². The number of hydrogen-bond donors (Lipinski definition) is 1. The molecule has 5 heavy (non-hydrogen) atoms. The van der Waals surface area contributed by atoms with Crippen molar-refractivity contribution in [2.24, 2.45) is 0 Å². The predicted molar refractivity (Wildman–Crippen MR) is 27.7 cm³/mol. The van der Waals surface area contributed by atoms with Gasteiger partial charge in [0, 0.05) is 0 Å². The van der Waals surface area contributed by atoms with E-state index in [1.807, 2.05) is 6.66 Å². The maximum absolute atomic E-state index is 6.53. The maximum Gasteiger partial charge on any atom is 0.140 e. The van der Waals surface area contributed by atoms with Gasteiger partial charge in [-0.15, -0.1) is 0 Å². The first-order valence-corrected chi connectivity index (χ1v) is 2.79. The van der Waals surface area contributed by atoms with Gasteiger partial charge < -0.3 is 5.41 Å². The molecule has 0 amide bonds. The smallest absolute Gasteiger partial charge is 0.140 e. The number of nitrogens with one attached hydrogen (secondary N) is 1. The predicted octanol–water partition coefficient (Wildman–Crippen LogP) is 0.398. The highest BCUT2D eigenvalue weighted by atomic mass is 31.1. The zero-order valence-electron chi connectivity index (χ0n) is 3.08. The second-order valence-corrected chi connectivity index (χ2v) is 1.70.